The van der Waals surface area contributed by atoms with Crippen LogP contribution in [-0.4, -0.2) is 36.6 Å². The average molecular weight is 697 g/mol. The molecule has 47 heavy (non-hydrogen) atoms. The minimum atomic E-state index is -5.68. The molecule has 2 aromatic heterocycles. The monoisotopic (exact) mass is 696 g/mol. The van der Waals surface area contributed by atoms with Gasteiger partial charge in [0.15, 0.2) is 5.78 Å². The quantitative estimate of drug-likeness (QED) is 0.0993. The smallest absolute Gasteiger partial charge is 0.380 e. The zero-order valence-corrected chi connectivity index (χ0v) is 26.0. The van der Waals surface area contributed by atoms with Gasteiger partial charge in [0.2, 0.25) is 0 Å². The lowest BCUT2D eigenvalue weighted by atomic mass is 9.95. The van der Waals surface area contributed by atoms with E-state index in [2.05, 4.69) is 0 Å². The lowest BCUT2D eigenvalue weighted by molar-refractivity contribution is -0.254. The Morgan fingerprint density at radius 2 is 1.09 bits per heavy atom. The molecule has 0 saturated carbocycles. The maximum Gasteiger partial charge on any atom is 0.380 e. The predicted octanol–water partition coefficient (Wildman–Crippen LogP) is 10.9. The molecule has 5 rings (SSSR count). The van der Waals surface area contributed by atoms with Gasteiger partial charge in [-0.2, -0.15) is 26.3 Å². The molecular formula is C35H34F6O4S2. The average Bonchev–Trinajstić information content (AvgIpc) is 3.57. The number of hydrogen-bond acceptors (Lipinski definition) is 6. The summed E-state index contributed by atoms with van der Waals surface area (Å²) in [4.78, 5) is 25.1. The fraction of sp³-hybridized carbons (Fsp3) is 0.314. The fourth-order valence-corrected chi connectivity index (χ4v) is 7.19. The Bertz CT molecular complexity index is 1800. The zero-order chi connectivity index (χ0) is 32.9. The summed E-state index contributed by atoms with van der Waals surface area (Å²) in [6.45, 7) is 3.83. The van der Waals surface area contributed by atoms with Gasteiger partial charge in [0.05, 0.1) is 12.2 Å². The van der Waals surface area contributed by atoms with Gasteiger partial charge in [0, 0.05) is 43.3 Å². The molecule has 0 unspecified atom stereocenters. The van der Waals surface area contributed by atoms with Crippen LogP contribution in [0.2, 0.25) is 0 Å². The van der Waals surface area contributed by atoms with Crippen molar-refractivity contribution in [2.24, 2.45) is 0 Å². The number of benzene rings is 2. The molecule has 4 nitrogen and oxygen atoms in total. The molecule has 1 aliphatic carbocycles. The molecule has 0 saturated heterocycles. The number of methoxy groups -OCH3 is 1. The maximum absolute atomic E-state index is 15.3. The zero-order valence-electron chi connectivity index (χ0n) is 24.4. The van der Waals surface area contributed by atoms with Crippen molar-refractivity contribution in [3.63, 3.8) is 0 Å². The molecule has 2 aromatic carbocycles. The lowest BCUT2D eigenvalue weighted by Gasteiger charge is -2.25. The summed E-state index contributed by atoms with van der Waals surface area (Å²) in [5, 5.41) is 0. The number of Topliss-reactive ketones (excluding diaryl/α,β-unsaturated/α-hetero) is 1. The Labute approximate surface area is 277 Å². The standard InChI is InChI=1S/C33H26F6O4S2.2CH4/c1-17(40)20-5-7-21(8-6-20)22-9-11-23(12-10-22)30(41)43-16-25-14-27(19(3)45-25)29-28(26-13-24(15-42-4)44-18(26)2)31(34,35)33(38,39)32(29,36)37;;/h5-14H,15-16H2,1-4H3;2*1H4. The molecule has 0 radical (unpaired) electrons. The van der Waals surface area contributed by atoms with E-state index < -0.39 is 47.1 Å². The van der Waals surface area contributed by atoms with E-state index in [4.69, 9.17) is 9.47 Å². The Kier molecular flexibility index (Phi) is 11.1. The van der Waals surface area contributed by atoms with Crippen LogP contribution in [0.15, 0.2) is 60.7 Å². The molecule has 0 amide bonds. The van der Waals surface area contributed by atoms with E-state index in [9.17, 15) is 18.4 Å². The van der Waals surface area contributed by atoms with Crippen LogP contribution in [0, 0.1) is 13.8 Å². The largest absolute Gasteiger partial charge is 0.456 e. The highest BCUT2D eigenvalue weighted by Crippen LogP contribution is 2.65. The first-order chi connectivity index (χ1) is 21.1. The summed E-state index contributed by atoms with van der Waals surface area (Å²) < 4.78 is 101. The van der Waals surface area contributed by atoms with Crippen molar-refractivity contribution in [3.8, 4) is 11.1 Å². The minimum Gasteiger partial charge on any atom is -0.456 e. The summed E-state index contributed by atoms with van der Waals surface area (Å²) >= 11 is 1.88. The molecule has 0 fully saturated rings. The van der Waals surface area contributed by atoms with Crippen LogP contribution in [-0.2, 0) is 22.7 Å². The number of thiophene rings is 2. The number of alkyl halides is 6. The van der Waals surface area contributed by atoms with E-state index in [-0.39, 0.29) is 53.0 Å². The first-order valence-electron chi connectivity index (χ1n) is 13.6. The van der Waals surface area contributed by atoms with Crippen molar-refractivity contribution in [3.05, 3.63) is 102 Å². The second-order valence-corrected chi connectivity index (χ2v) is 13.2. The predicted molar refractivity (Wildman–Crippen MR) is 175 cm³/mol. The molecule has 252 valence electrons. The van der Waals surface area contributed by atoms with Gasteiger partial charge in [0.1, 0.15) is 6.61 Å². The molecule has 2 heterocycles. The Morgan fingerprint density at radius 3 is 1.49 bits per heavy atom. The van der Waals surface area contributed by atoms with Crippen molar-refractivity contribution in [1.82, 2.24) is 0 Å². The molecule has 4 aromatic rings. The Hall–Kier alpha value is -3.74. The number of aryl methyl sites for hydroxylation is 2. The number of halogens is 6. The molecule has 0 aliphatic heterocycles. The SMILES string of the molecule is C.C.COCc1cc(C2=C(c3cc(COC(=O)c4ccc(-c5ccc(C(C)=O)cc5)cc4)sc3C)C(F)(F)C(F)(F)C2(F)F)c(C)s1. The van der Waals surface area contributed by atoms with Gasteiger partial charge in [0.25, 0.3) is 0 Å². The van der Waals surface area contributed by atoms with Crippen LogP contribution in [0.4, 0.5) is 26.3 Å². The number of allylic oxidation sites excluding steroid dienone is 2. The topological polar surface area (TPSA) is 52.6 Å². The third-order valence-corrected chi connectivity index (χ3v) is 9.57. The Morgan fingerprint density at radius 1 is 0.681 bits per heavy atom. The van der Waals surface area contributed by atoms with Crippen LogP contribution in [0.1, 0.15) is 73.1 Å². The Balaban J connectivity index is 0.00000300. The normalized spacial score (nSPS) is 16.0. The summed E-state index contributed by atoms with van der Waals surface area (Å²) in [5.41, 5.74) is -1.35. The number of rotatable bonds is 9. The van der Waals surface area contributed by atoms with Gasteiger partial charge < -0.3 is 9.47 Å². The molecule has 12 heteroatoms. The summed E-state index contributed by atoms with van der Waals surface area (Å²) in [6.07, 6.45) is 0. The van der Waals surface area contributed by atoms with Crippen molar-refractivity contribution in [2.75, 3.05) is 7.11 Å². The number of esters is 1. The van der Waals surface area contributed by atoms with Crippen LogP contribution in [0.5, 0.6) is 0 Å². The van der Waals surface area contributed by atoms with Crippen molar-refractivity contribution >= 4 is 45.6 Å². The molecule has 0 N–H and O–H groups in total. The number of carbonyl (C=O) groups excluding carboxylic acids is 2. The number of hydrogen-bond donors (Lipinski definition) is 0. The van der Waals surface area contributed by atoms with Crippen LogP contribution >= 0.6 is 22.7 Å². The van der Waals surface area contributed by atoms with E-state index in [0.29, 0.717) is 10.4 Å². The second-order valence-electron chi connectivity index (χ2n) is 10.6. The number of ether oxygens (including phenoxy) is 2. The van der Waals surface area contributed by atoms with Gasteiger partial charge >= 0.3 is 23.7 Å². The van der Waals surface area contributed by atoms with Gasteiger partial charge in [-0.05, 0) is 67.3 Å². The van der Waals surface area contributed by atoms with Crippen LogP contribution < -0.4 is 0 Å². The van der Waals surface area contributed by atoms with E-state index >= 15 is 17.6 Å². The summed E-state index contributed by atoms with van der Waals surface area (Å²) in [6, 6.07) is 15.7. The van der Waals surface area contributed by atoms with Crippen LogP contribution in [0.3, 0.4) is 0 Å². The van der Waals surface area contributed by atoms with Crippen LogP contribution in [0.25, 0.3) is 22.3 Å². The third kappa shape index (κ3) is 6.55. The number of ketones is 1. The fourth-order valence-electron chi connectivity index (χ4n) is 5.22. The van der Waals surface area contributed by atoms with Gasteiger partial charge in [-0.25, -0.2) is 4.79 Å². The molecule has 0 bridgehead atoms. The molecule has 0 atom stereocenters. The molecule has 0 spiro atoms. The van der Waals surface area contributed by atoms with E-state index in [1.54, 1.807) is 36.4 Å². The van der Waals surface area contributed by atoms with Crippen molar-refractivity contribution in [2.45, 2.75) is 66.6 Å². The second kappa shape index (κ2) is 13.8. The van der Waals surface area contributed by atoms with Gasteiger partial charge in [-0.3, -0.25) is 4.79 Å². The highest BCUT2D eigenvalue weighted by atomic mass is 32.1. The first kappa shape index (κ1) is 37.7. The molecular weight excluding hydrogens is 663 g/mol. The van der Waals surface area contributed by atoms with Gasteiger partial charge in [-0.15, -0.1) is 22.7 Å². The minimum absolute atomic E-state index is 0. The van der Waals surface area contributed by atoms with E-state index in [0.717, 1.165) is 39.9 Å². The van der Waals surface area contributed by atoms with E-state index in [1.165, 1.54) is 46.1 Å². The maximum atomic E-state index is 15.3. The third-order valence-electron chi connectivity index (χ3n) is 7.52. The van der Waals surface area contributed by atoms with Crippen molar-refractivity contribution < 1.29 is 45.4 Å². The van der Waals surface area contributed by atoms with Gasteiger partial charge in [-0.1, -0.05) is 51.3 Å². The summed E-state index contributed by atoms with van der Waals surface area (Å²) in [7, 11) is 1.36. The van der Waals surface area contributed by atoms with E-state index in [1.807, 2.05) is 0 Å². The highest BCUT2D eigenvalue weighted by Gasteiger charge is 2.80. The lowest BCUT2D eigenvalue weighted by Crippen LogP contribution is -2.48. The first-order valence-corrected chi connectivity index (χ1v) is 15.2. The number of carbonyl (C=O) groups is 2. The highest BCUT2D eigenvalue weighted by molar-refractivity contribution is 7.12. The van der Waals surface area contributed by atoms with Crippen molar-refractivity contribution in [1.29, 1.82) is 0 Å². The molecule has 1 aliphatic rings. The summed E-state index contributed by atoms with van der Waals surface area (Å²) in [5.74, 6) is -16.8.